The number of rotatable bonds is 4. The first-order chi connectivity index (χ1) is 9.54. The molecule has 0 atom stereocenters. The second kappa shape index (κ2) is 6.95. The molecule has 0 saturated carbocycles. The molecule has 4 nitrogen and oxygen atoms in total. The zero-order valence-electron chi connectivity index (χ0n) is 11.9. The number of amides is 1. The number of halogens is 1. The number of likely N-dealkylation sites (tertiary alicyclic amines) is 1. The summed E-state index contributed by atoms with van der Waals surface area (Å²) in [5.41, 5.74) is 6.72. The van der Waals surface area contributed by atoms with E-state index in [1.165, 1.54) is 12.8 Å². The predicted molar refractivity (Wildman–Crippen MR) is 83.0 cm³/mol. The highest BCUT2D eigenvalue weighted by molar-refractivity contribution is 6.31. The van der Waals surface area contributed by atoms with Gasteiger partial charge in [-0.3, -0.25) is 4.79 Å². The van der Waals surface area contributed by atoms with Gasteiger partial charge in [-0.1, -0.05) is 11.6 Å². The maximum absolute atomic E-state index is 12.0. The number of nitrogens with one attached hydrogen (secondary N) is 1. The summed E-state index contributed by atoms with van der Waals surface area (Å²) in [6.45, 7) is 3.02. The predicted octanol–water partition coefficient (Wildman–Crippen LogP) is 2.38. The smallest absolute Gasteiger partial charge is 0.251 e. The molecule has 0 radical (unpaired) electrons. The Morgan fingerprint density at radius 2 is 2.10 bits per heavy atom. The lowest BCUT2D eigenvalue weighted by Gasteiger charge is -2.28. The van der Waals surface area contributed by atoms with Crippen LogP contribution in [-0.4, -0.2) is 37.5 Å². The van der Waals surface area contributed by atoms with Crippen molar-refractivity contribution >= 4 is 23.2 Å². The summed E-state index contributed by atoms with van der Waals surface area (Å²) in [5, 5.41) is 3.44. The molecule has 0 spiro atoms. The minimum absolute atomic E-state index is 0.105. The molecule has 1 saturated heterocycles. The Labute approximate surface area is 125 Å². The van der Waals surface area contributed by atoms with Crippen LogP contribution >= 0.6 is 11.6 Å². The van der Waals surface area contributed by atoms with Crippen LogP contribution in [0.1, 0.15) is 29.6 Å². The standard InChI is InChI=1S/C15H22ClN3O/c1-19-6-3-11(4-7-19)2-5-18-15(20)12-8-13(16)10-14(17)9-12/h8-11H,2-7,17H2,1H3,(H,18,20). The summed E-state index contributed by atoms with van der Waals surface area (Å²) in [5.74, 6) is 0.614. The van der Waals surface area contributed by atoms with Gasteiger partial charge in [-0.15, -0.1) is 0 Å². The Balaban J connectivity index is 1.77. The molecule has 1 aromatic rings. The Kier molecular flexibility index (Phi) is 5.26. The minimum atomic E-state index is -0.105. The molecule has 0 unspecified atom stereocenters. The minimum Gasteiger partial charge on any atom is -0.399 e. The Morgan fingerprint density at radius 3 is 2.75 bits per heavy atom. The summed E-state index contributed by atoms with van der Waals surface area (Å²) in [6.07, 6.45) is 3.47. The fourth-order valence-electron chi connectivity index (χ4n) is 2.59. The number of hydrogen-bond donors (Lipinski definition) is 2. The second-order valence-corrected chi connectivity index (χ2v) is 6.00. The van der Waals surface area contributed by atoms with E-state index in [1.54, 1.807) is 18.2 Å². The van der Waals surface area contributed by atoms with Crippen molar-refractivity contribution in [3.05, 3.63) is 28.8 Å². The van der Waals surface area contributed by atoms with Gasteiger partial charge in [-0.05, 0) is 63.5 Å². The van der Waals surface area contributed by atoms with Crippen LogP contribution in [0.25, 0.3) is 0 Å². The van der Waals surface area contributed by atoms with E-state index >= 15 is 0 Å². The first-order valence-electron chi connectivity index (χ1n) is 7.07. The lowest BCUT2D eigenvalue weighted by atomic mass is 9.94. The molecule has 1 aliphatic heterocycles. The van der Waals surface area contributed by atoms with Crippen LogP contribution in [0.4, 0.5) is 5.69 Å². The van der Waals surface area contributed by atoms with E-state index in [0.29, 0.717) is 22.8 Å². The van der Waals surface area contributed by atoms with Crippen molar-refractivity contribution in [1.82, 2.24) is 10.2 Å². The van der Waals surface area contributed by atoms with E-state index in [0.717, 1.165) is 25.4 Å². The highest BCUT2D eigenvalue weighted by atomic mass is 35.5. The molecule has 5 heteroatoms. The number of nitrogens with two attached hydrogens (primary N) is 1. The average Bonchev–Trinajstić information content (AvgIpc) is 2.40. The Morgan fingerprint density at radius 1 is 1.40 bits per heavy atom. The molecule has 3 N–H and O–H groups in total. The van der Waals surface area contributed by atoms with Crippen LogP contribution in [0.15, 0.2) is 18.2 Å². The topological polar surface area (TPSA) is 58.4 Å². The zero-order chi connectivity index (χ0) is 14.5. The third-order valence-electron chi connectivity index (χ3n) is 3.86. The molecule has 1 fully saturated rings. The van der Waals surface area contributed by atoms with E-state index in [4.69, 9.17) is 17.3 Å². The van der Waals surface area contributed by atoms with E-state index in [-0.39, 0.29) is 5.91 Å². The maximum Gasteiger partial charge on any atom is 0.251 e. The molecule has 1 aromatic carbocycles. The van der Waals surface area contributed by atoms with Crippen LogP contribution in [0.5, 0.6) is 0 Å². The van der Waals surface area contributed by atoms with Gasteiger partial charge in [0, 0.05) is 22.8 Å². The van der Waals surface area contributed by atoms with Gasteiger partial charge < -0.3 is 16.0 Å². The van der Waals surface area contributed by atoms with Crippen molar-refractivity contribution in [2.24, 2.45) is 5.92 Å². The largest absolute Gasteiger partial charge is 0.399 e. The number of benzene rings is 1. The molecule has 0 bridgehead atoms. The molecule has 1 amide bonds. The molecule has 110 valence electrons. The van der Waals surface area contributed by atoms with Crippen LogP contribution in [0.3, 0.4) is 0 Å². The molecular weight excluding hydrogens is 274 g/mol. The fraction of sp³-hybridized carbons (Fsp3) is 0.533. The summed E-state index contributed by atoms with van der Waals surface area (Å²) in [6, 6.07) is 4.93. The molecule has 0 aromatic heterocycles. The Bertz CT molecular complexity index is 450. The number of nitrogen functional groups attached to an aromatic ring is 1. The number of piperidine rings is 1. The average molecular weight is 296 g/mol. The van der Waals surface area contributed by atoms with Crippen molar-refractivity contribution in [2.45, 2.75) is 19.3 Å². The monoisotopic (exact) mass is 295 g/mol. The molecule has 20 heavy (non-hydrogen) atoms. The highest BCUT2D eigenvalue weighted by Gasteiger charge is 2.16. The zero-order valence-corrected chi connectivity index (χ0v) is 12.6. The maximum atomic E-state index is 12.0. The lowest BCUT2D eigenvalue weighted by Crippen LogP contribution is -2.32. The van der Waals surface area contributed by atoms with E-state index in [1.807, 2.05) is 0 Å². The van der Waals surface area contributed by atoms with Gasteiger partial charge in [-0.2, -0.15) is 0 Å². The lowest BCUT2D eigenvalue weighted by molar-refractivity contribution is 0.0949. The third kappa shape index (κ3) is 4.39. The highest BCUT2D eigenvalue weighted by Crippen LogP contribution is 2.19. The van der Waals surface area contributed by atoms with Gasteiger partial charge in [0.05, 0.1) is 0 Å². The van der Waals surface area contributed by atoms with Crippen LogP contribution in [0, 0.1) is 5.92 Å². The van der Waals surface area contributed by atoms with Crippen molar-refractivity contribution < 1.29 is 4.79 Å². The van der Waals surface area contributed by atoms with E-state index in [9.17, 15) is 4.79 Å². The van der Waals surface area contributed by atoms with Crippen LogP contribution in [0.2, 0.25) is 5.02 Å². The summed E-state index contributed by atoms with van der Waals surface area (Å²) in [7, 11) is 2.15. The molecule has 0 aliphatic carbocycles. The quantitative estimate of drug-likeness (QED) is 0.839. The summed E-state index contributed by atoms with van der Waals surface area (Å²) in [4.78, 5) is 14.4. The number of carbonyl (C=O) groups is 1. The van der Waals surface area contributed by atoms with Crippen molar-refractivity contribution in [1.29, 1.82) is 0 Å². The van der Waals surface area contributed by atoms with Crippen molar-refractivity contribution in [2.75, 3.05) is 32.4 Å². The van der Waals surface area contributed by atoms with Gasteiger partial charge in [0.25, 0.3) is 5.91 Å². The molecule has 1 heterocycles. The van der Waals surface area contributed by atoms with Crippen molar-refractivity contribution in [3.8, 4) is 0 Å². The number of nitrogens with zero attached hydrogens (tertiary/aromatic N) is 1. The molecular formula is C15H22ClN3O. The number of anilines is 1. The first-order valence-corrected chi connectivity index (χ1v) is 7.45. The van der Waals surface area contributed by atoms with Gasteiger partial charge in [0.15, 0.2) is 0 Å². The molecule has 2 rings (SSSR count). The normalized spacial score (nSPS) is 17.1. The van der Waals surface area contributed by atoms with E-state index < -0.39 is 0 Å². The van der Waals surface area contributed by atoms with Crippen LogP contribution < -0.4 is 11.1 Å². The Hall–Kier alpha value is -1.26. The van der Waals surface area contributed by atoms with Crippen LogP contribution in [-0.2, 0) is 0 Å². The van der Waals surface area contributed by atoms with Gasteiger partial charge in [0.2, 0.25) is 0 Å². The number of carbonyl (C=O) groups excluding carboxylic acids is 1. The van der Waals surface area contributed by atoms with Gasteiger partial charge >= 0.3 is 0 Å². The summed E-state index contributed by atoms with van der Waals surface area (Å²) < 4.78 is 0. The van der Waals surface area contributed by atoms with Gasteiger partial charge in [-0.25, -0.2) is 0 Å². The SMILES string of the molecule is CN1CCC(CCNC(=O)c2cc(N)cc(Cl)c2)CC1. The first kappa shape index (κ1) is 15.1. The van der Waals surface area contributed by atoms with E-state index in [2.05, 4.69) is 17.3 Å². The summed E-state index contributed by atoms with van der Waals surface area (Å²) >= 11 is 5.90. The fourth-order valence-corrected chi connectivity index (χ4v) is 2.83. The molecule has 1 aliphatic rings. The van der Waals surface area contributed by atoms with Gasteiger partial charge in [0.1, 0.15) is 0 Å². The third-order valence-corrected chi connectivity index (χ3v) is 4.08. The van der Waals surface area contributed by atoms with Crippen molar-refractivity contribution in [3.63, 3.8) is 0 Å². The second-order valence-electron chi connectivity index (χ2n) is 5.56. The number of hydrogen-bond acceptors (Lipinski definition) is 3.